The van der Waals surface area contributed by atoms with Gasteiger partial charge in [-0.25, -0.2) is 27.8 Å². The standard InChI is InChI=1S/C22H24F3N5O2/c1-13(15-5-3-6-16(20(15)23)21(24)25)26-22-17-12-30(29-7-4-9-32-10-8-29)19(31)11-18(17)27-14(2)28-22/h3,5-6,11-13,21H,4,7-10H2,1-2H3,(H,26,27,28)/t13-/m1/s1. The fraction of sp³-hybridized carbons (Fsp3) is 0.409. The van der Waals surface area contributed by atoms with Gasteiger partial charge in [-0.2, -0.15) is 0 Å². The third kappa shape index (κ3) is 4.40. The molecular formula is C22H24F3N5O2. The molecule has 3 heterocycles. The maximum absolute atomic E-state index is 14.7. The molecule has 32 heavy (non-hydrogen) atoms. The molecule has 0 radical (unpaired) electrons. The van der Waals surface area contributed by atoms with Gasteiger partial charge in [-0.1, -0.05) is 18.2 Å². The summed E-state index contributed by atoms with van der Waals surface area (Å²) in [4.78, 5) is 21.5. The first kappa shape index (κ1) is 22.1. The number of aromatic nitrogens is 3. The Morgan fingerprint density at radius 3 is 2.72 bits per heavy atom. The van der Waals surface area contributed by atoms with Gasteiger partial charge in [0.15, 0.2) is 0 Å². The van der Waals surface area contributed by atoms with Gasteiger partial charge in [0.25, 0.3) is 12.0 Å². The number of fused-ring (bicyclic) bond motifs is 1. The van der Waals surface area contributed by atoms with Crippen molar-refractivity contribution < 1.29 is 17.9 Å². The number of nitrogens with zero attached hydrogens (tertiary/aromatic N) is 4. The lowest BCUT2D eigenvalue weighted by atomic mass is 10.0. The summed E-state index contributed by atoms with van der Waals surface area (Å²) in [5.41, 5.74) is -0.323. The second-order valence-electron chi connectivity index (χ2n) is 7.71. The average molecular weight is 447 g/mol. The number of halogens is 3. The second-order valence-corrected chi connectivity index (χ2v) is 7.71. The van der Waals surface area contributed by atoms with Gasteiger partial charge < -0.3 is 15.1 Å². The third-order valence-corrected chi connectivity index (χ3v) is 5.44. The molecule has 0 spiro atoms. The number of nitrogens with one attached hydrogen (secondary N) is 1. The molecule has 0 aliphatic carbocycles. The Labute approximate surface area is 182 Å². The van der Waals surface area contributed by atoms with Gasteiger partial charge in [-0.15, -0.1) is 0 Å². The van der Waals surface area contributed by atoms with Gasteiger partial charge in [0, 0.05) is 31.0 Å². The molecule has 1 aromatic carbocycles. The van der Waals surface area contributed by atoms with E-state index in [2.05, 4.69) is 15.3 Å². The van der Waals surface area contributed by atoms with Crippen molar-refractivity contribution in [3.63, 3.8) is 0 Å². The number of benzene rings is 1. The van der Waals surface area contributed by atoms with Crippen molar-refractivity contribution in [2.45, 2.75) is 32.7 Å². The highest BCUT2D eigenvalue weighted by Crippen LogP contribution is 2.30. The van der Waals surface area contributed by atoms with Gasteiger partial charge in [-0.3, -0.25) is 4.79 Å². The van der Waals surface area contributed by atoms with E-state index in [0.717, 1.165) is 12.5 Å². The number of rotatable bonds is 5. The molecule has 1 aliphatic heterocycles. The normalized spacial score (nSPS) is 15.8. The highest BCUT2D eigenvalue weighted by molar-refractivity contribution is 5.88. The molecule has 7 nitrogen and oxygen atoms in total. The van der Waals surface area contributed by atoms with Gasteiger partial charge in [0.2, 0.25) is 0 Å². The molecule has 1 N–H and O–H groups in total. The molecule has 0 saturated carbocycles. The SMILES string of the molecule is Cc1nc(N[C@H](C)c2cccc(C(F)F)c2F)c2cn(N3CCCOCC3)c(=O)cc2n1. The Hall–Kier alpha value is -3.14. The highest BCUT2D eigenvalue weighted by Gasteiger charge is 2.21. The Bertz CT molecular complexity index is 1180. The van der Waals surface area contributed by atoms with Crippen molar-refractivity contribution in [2.24, 2.45) is 0 Å². The van der Waals surface area contributed by atoms with E-state index in [0.29, 0.717) is 48.8 Å². The lowest BCUT2D eigenvalue weighted by molar-refractivity contribution is 0.146. The Kier molecular flexibility index (Phi) is 6.31. The average Bonchev–Trinajstić information content (AvgIpc) is 3.02. The number of aryl methyl sites for hydroxylation is 1. The predicted molar refractivity (Wildman–Crippen MR) is 115 cm³/mol. The van der Waals surface area contributed by atoms with E-state index in [9.17, 15) is 18.0 Å². The Morgan fingerprint density at radius 2 is 1.94 bits per heavy atom. The van der Waals surface area contributed by atoms with E-state index in [1.165, 1.54) is 22.9 Å². The van der Waals surface area contributed by atoms with Crippen molar-refractivity contribution in [3.05, 3.63) is 63.6 Å². The van der Waals surface area contributed by atoms with Crippen LogP contribution in [-0.4, -0.2) is 40.9 Å². The maximum atomic E-state index is 14.7. The summed E-state index contributed by atoms with van der Waals surface area (Å²) >= 11 is 0. The molecule has 1 fully saturated rings. The van der Waals surface area contributed by atoms with E-state index in [-0.39, 0.29) is 11.1 Å². The molecule has 1 aliphatic rings. The van der Waals surface area contributed by atoms with Crippen molar-refractivity contribution in [2.75, 3.05) is 36.6 Å². The van der Waals surface area contributed by atoms with Gasteiger partial charge in [0.05, 0.1) is 35.7 Å². The molecule has 0 amide bonds. The van der Waals surface area contributed by atoms with Crippen molar-refractivity contribution in [3.8, 4) is 0 Å². The number of pyridine rings is 1. The third-order valence-electron chi connectivity index (χ3n) is 5.44. The van der Waals surface area contributed by atoms with Crippen molar-refractivity contribution in [1.29, 1.82) is 0 Å². The summed E-state index contributed by atoms with van der Waals surface area (Å²) in [6, 6.07) is 4.72. The summed E-state index contributed by atoms with van der Waals surface area (Å²) in [6.07, 6.45) is -0.462. The monoisotopic (exact) mass is 447 g/mol. The zero-order chi connectivity index (χ0) is 22.8. The summed E-state index contributed by atoms with van der Waals surface area (Å²) < 4.78 is 47.9. The van der Waals surface area contributed by atoms with Gasteiger partial charge in [-0.05, 0) is 20.3 Å². The van der Waals surface area contributed by atoms with Crippen LogP contribution in [0.3, 0.4) is 0 Å². The quantitative estimate of drug-likeness (QED) is 0.643. The van der Waals surface area contributed by atoms with Crippen molar-refractivity contribution >= 4 is 16.7 Å². The topological polar surface area (TPSA) is 72.3 Å². The van der Waals surface area contributed by atoms with Crippen LogP contribution in [0.2, 0.25) is 0 Å². The van der Waals surface area contributed by atoms with E-state index in [1.54, 1.807) is 20.0 Å². The minimum absolute atomic E-state index is 0.102. The lowest BCUT2D eigenvalue weighted by Crippen LogP contribution is -2.43. The first-order valence-electron chi connectivity index (χ1n) is 10.4. The smallest absolute Gasteiger partial charge is 0.271 e. The molecule has 3 aromatic rings. The first-order valence-corrected chi connectivity index (χ1v) is 10.4. The number of ether oxygens (including phenoxy) is 1. The highest BCUT2D eigenvalue weighted by atomic mass is 19.3. The lowest BCUT2D eigenvalue weighted by Gasteiger charge is -2.25. The summed E-state index contributed by atoms with van der Waals surface area (Å²) in [6.45, 7) is 5.71. The van der Waals surface area contributed by atoms with Crippen LogP contribution in [0.5, 0.6) is 0 Å². The summed E-state index contributed by atoms with van der Waals surface area (Å²) in [5, 5.41) is 5.58. The fourth-order valence-electron chi connectivity index (χ4n) is 3.84. The van der Waals surface area contributed by atoms with E-state index in [1.807, 2.05) is 5.01 Å². The summed E-state index contributed by atoms with van der Waals surface area (Å²) in [7, 11) is 0. The molecule has 1 atom stereocenters. The van der Waals surface area contributed by atoms with Gasteiger partial charge in [0.1, 0.15) is 17.5 Å². The van der Waals surface area contributed by atoms with Crippen molar-refractivity contribution in [1.82, 2.24) is 14.6 Å². The minimum atomic E-state index is -2.91. The molecule has 4 rings (SSSR count). The van der Waals surface area contributed by atoms with E-state index < -0.39 is 23.8 Å². The first-order chi connectivity index (χ1) is 15.3. The number of hydrogen-bond acceptors (Lipinski definition) is 6. The van der Waals surface area contributed by atoms with E-state index in [4.69, 9.17) is 4.74 Å². The number of alkyl halides is 2. The Morgan fingerprint density at radius 1 is 1.16 bits per heavy atom. The number of anilines is 1. The molecule has 10 heteroatoms. The van der Waals surface area contributed by atoms with Crippen LogP contribution in [-0.2, 0) is 4.74 Å². The zero-order valence-corrected chi connectivity index (χ0v) is 17.8. The van der Waals surface area contributed by atoms with Crippen LogP contribution in [0.15, 0.2) is 35.3 Å². The molecule has 2 aromatic heterocycles. The molecular weight excluding hydrogens is 423 g/mol. The second kappa shape index (κ2) is 9.15. The zero-order valence-electron chi connectivity index (χ0n) is 17.8. The molecule has 0 bridgehead atoms. The molecule has 170 valence electrons. The van der Waals surface area contributed by atoms with Crippen LogP contribution in [0, 0.1) is 12.7 Å². The molecule has 0 unspecified atom stereocenters. The van der Waals surface area contributed by atoms with Crippen LogP contribution in [0.4, 0.5) is 19.0 Å². The van der Waals surface area contributed by atoms with Crippen LogP contribution < -0.4 is 15.9 Å². The van der Waals surface area contributed by atoms with Gasteiger partial charge >= 0.3 is 0 Å². The predicted octanol–water partition coefficient (Wildman–Crippen LogP) is 3.71. The molecule has 1 saturated heterocycles. The van der Waals surface area contributed by atoms with Crippen LogP contribution >= 0.6 is 0 Å². The Balaban J connectivity index is 1.74. The largest absolute Gasteiger partial charge is 0.379 e. The fourth-order valence-corrected chi connectivity index (χ4v) is 3.84. The van der Waals surface area contributed by atoms with Crippen LogP contribution in [0.1, 0.15) is 42.8 Å². The van der Waals surface area contributed by atoms with E-state index >= 15 is 0 Å². The summed E-state index contributed by atoms with van der Waals surface area (Å²) in [5.74, 6) is -0.130. The maximum Gasteiger partial charge on any atom is 0.271 e. The minimum Gasteiger partial charge on any atom is -0.379 e. The van der Waals surface area contributed by atoms with Crippen LogP contribution in [0.25, 0.3) is 10.9 Å². The number of hydrogen-bond donors (Lipinski definition) is 1.